The number of unbranched alkanes of at least 4 members (excludes halogenated alkanes) is 23. The summed E-state index contributed by atoms with van der Waals surface area (Å²) in [6.07, 6.45) is 38.4. The normalized spacial score (nSPS) is 11.8. The maximum Gasteiger partial charge on any atom is 0.306 e. The number of hydrogen-bond acceptors (Lipinski definition) is 6. The molecule has 0 rings (SSSR count). The lowest BCUT2D eigenvalue weighted by atomic mass is 10.0. The van der Waals surface area contributed by atoms with Gasteiger partial charge in [-0.25, -0.2) is 0 Å². The van der Waals surface area contributed by atoms with Crippen LogP contribution >= 0.6 is 0 Å². The number of aliphatic hydroxyl groups excluding tert-OH is 1. The molecule has 0 aromatic carbocycles. The molecule has 6 nitrogen and oxygen atoms in total. The number of nitrogens with zero attached hydrogens (tertiary/aromatic N) is 1. The lowest BCUT2D eigenvalue weighted by molar-refractivity contribution is -0.150. The van der Waals surface area contributed by atoms with Crippen LogP contribution in [0.5, 0.6) is 0 Å². The van der Waals surface area contributed by atoms with Crippen LogP contribution in [0.3, 0.4) is 0 Å². The highest BCUT2D eigenvalue weighted by Gasteiger charge is 2.14. The Labute approximate surface area is 325 Å². The molecule has 0 amide bonds. The predicted molar refractivity (Wildman–Crippen MR) is 225 cm³/mol. The number of rotatable bonds is 40. The summed E-state index contributed by atoms with van der Waals surface area (Å²) in [7, 11) is 0. The summed E-state index contributed by atoms with van der Waals surface area (Å²) >= 11 is 0. The molecule has 0 saturated carbocycles. The fourth-order valence-electron chi connectivity index (χ4n) is 6.69. The summed E-state index contributed by atoms with van der Waals surface area (Å²) in [6.45, 7) is 14.6. The van der Waals surface area contributed by atoms with Gasteiger partial charge in [0.25, 0.3) is 0 Å². The smallest absolute Gasteiger partial charge is 0.306 e. The standard InChI is InChI=1S/C41H81NO5.C5H12/c1-4-7-10-12-14-15-17-22-29-38-46-40(44)32-26-23-28-35-42(36-37-43)34-27-21-18-20-25-33-41(45)47-39(30-9-6-3)31-24-19-16-13-11-8-5-2;1-3-5-4-2/h39,43H,4-38H2,1-3H3;3-5H2,1-2H3/t39-;/m0./s1. The summed E-state index contributed by atoms with van der Waals surface area (Å²) in [5.41, 5.74) is 0. The number of carbonyl (C=O) groups excluding carboxylic acids is 2. The zero-order chi connectivity index (χ0) is 38.6. The van der Waals surface area contributed by atoms with E-state index in [1.54, 1.807) is 0 Å². The van der Waals surface area contributed by atoms with Crippen LogP contribution in [-0.4, -0.2) is 60.9 Å². The lowest BCUT2D eigenvalue weighted by Crippen LogP contribution is -2.29. The maximum atomic E-state index is 12.5. The van der Waals surface area contributed by atoms with Gasteiger partial charge in [0.15, 0.2) is 0 Å². The van der Waals surface area contributed by atoms with Gasteiger partial charge in [-0.3, -0.25) is 9.59 Å². The van der Waals surface area contributed by atoms with E-state index in [0.717, 1.165) is 103 Å². The molecule has 52 heavy (non-hydrogen) atoms. The van der Waals surface area contributed by atoms with Crippen molar-refractivity contribution in [1.82, 2.24) is 4.90 Å². The van der Waals surface area contributed by atoms with Crippen molar-refractivity contribution in [3.8, 4) is 0 Å². The minimum atomic E-state index is -0.0511. The maximum absolute atomic E-state index is 12.5. The minimum absolute atomic E-state index is 0.00441. The highest BCUT2D eigenvalue weighted by Crippen LogP contribution is 2.17. The third-order valence-electron chi connectivity index (χ3n) is 10.2. The number of hydrogen-bond donors (Lipinski definition) is 1. The Hall–Kier alpha value is -1.14. The number of esters is 2. The van der Waals surface area contributed by atoms with E-state index < -0.39 is 0 Å². The van der Waals surface area contributed by atoms with Crippen molar-refractivity contribution in [1.29, 1.82) is 0 Å². The van der Waals surface area contributed by atoms with Crippen molar-refractivity contribution >= 4 is 11.9 Å². The Morgan fingerprint density at radius 3 is 1.35 bits per heavy atom. The summed E-state index contributed by atoms with van der Waals surface area (Å²) in [5.74, 6) is -0.0555. The summed E-state index contributed by atoms with van der Waals surface area (Å²) in [5, 5.41) is 9.49. The molecule has 0 saturated heterocycles. The first-order valence-electron chi connectivity index (χ1n) is 23.2. The van der Waals surface area contributed by atoms with Crippen LogP contribution in [0.25, 0.3) is 0 Å². The first-order valence-corrected chi connectivity index (χ1v) is 23.2. The van der Waals surface area contributed by atoms with E-state index >= 15 is 0 Å². The number of ether oxygens (including phenoxy) is 2. The van der Waals surface area contributed by atoms with Gasteiger partial charge in [0.2, 0.25) is 0 Å². The molecule has 0 aliphatic rings. The first kappa shape index (κ1) is 53.0. The molecule has 0 bridgehead atoms. The Bertz CT molecular complexity index is 700. The second-order valence-electron chi connectivity index (χ2n) is 15.5. The van der Waals surface area contributed by atoms with Crippen LogP contribution in [0.1, 0.15) is 247 Å². The van der Waals surface area contributed by atoms with Gasteiger partial charge >= 0.3 is 11.9 Å². The molecule has 0 radical (unpaired) electrons. The number of carbonyl (C=O) groups is 2. The van der Waals surface area contributed by atoms with Gasteiger partial charge in [0.05, 0.1) is 13.2 Å². The van der Waals surface area contributed by atoms with Gasteiger partial charge in [-0.05, 0) is 64.5 Å². The monoisotopic (exact) mass is 740 g/mol. The van der Waals surface area contributed by atoms with Crippen molar-refractivity contribution in [2.45, 2.75) is 253 Å². The van der Waals surface area contributed by atoms with E-state index in [0.29, 0.717) is 26.0 Å². The third-order valence-corrected chi connectivity index (χ3v) is 10.2. The van der Waals surface area contributed by atoms with Gasteiger partial charge in [-0.15, -0.1) is 0 Å². The van der Waals surface area contributed by atoms with Crippen molar-refractivity contribution in [3.63, 3.8) is 0 Å². The molecule has 1 atom stereocenters. The number of aliphatic hydroxyl groups is 1. The van der Waals surface area contributed by atoms with Gasteiger partial charge in [-0.1, -0.05) is 182 Å². The molecule has 0 aromatic heterocycles. The van der Waals surface area contributed by atoms with E-state index in [9.17, 15) is 14.7 Å². The SMILES string of the molecule is CCCCC.CCCCCCCCCCCOC(=O)CCCCCN(CCO)CCCCCCCC(=O)O[C@@H](CCCC)CCCCCCCCC. The van der Waals surface area contributed by atoms with E-state index in [1.165, 1.54) is 109 Å². The van der Waals surface area contributed by atoms with Crippen LogP contribution in [0.15, 0.2) is 0 Å². The Kier molecular flexibility index (Phi) is 46.9. The molecule has 0 aromatic rings. The third kappa shape index (κ3) is 43.3. The fourth-order valence-corrected chi connectivity index (χ4v) is 6.69. The van der Waals surface area contributed by atoms with Crippen LogP contribution in [0, 0.1) is 0 Å². The van der Waals surface area contributed by atoms with E-state index in [2.05, 4.69) is 39.5 Å². The van der Waals surface area contributed by atoms with Crippen molar-refractivity contribution < 1.29 is 24.2 Å². The summed E-state index contributed by atoms with van der Waals surface area (Å²) in [4.78, 5) is 26.9. The zero-order valence-corrected chi connectivity index (χ0v) is 36.0. The van der Waals surface area contributed by atoms with Gasteiger partial charge < -0.3 is 19.5 Å². The largest absolute Gasteiger partial charge is 0.466 e. The highest BCUT2D eigenvalue weighted by molar-refractivity contribution is 5.69. The van der Waals surface area contributed by atoms with Crippen LogP contribution in [0.4, 0.5) is 0 Å². The molecular formula is C46H93NO5. The Morgan fingerprint density at radius 1 is 0.442 bits per heavy atom. The highest BCUT2D eigenvalue weighted by atomic mass is 16.5. The molecule has 1 N–H and O–H groups in total. The second kappa shape index (κ2) is 46.0. The zero-order valence-electron chi connectivity index (χ0n) is 36.0. The van der Waals surface area contributed by atoms with Crippen molar-refractivity contribution in [3.05, 3.63) is 0 Å². The molecular weight excluding hydrogens is 647 g/mol. The molecule has 312 valence electrons. The van der Waals surface area contributed by atoms with Gasteiger partial charge in [-0.2, -0.15) is 0 Å². The quantitative estimate of drug-likeness (QED) is 0.0498. The molecule has 0 heterocycles. The molecule has 0 fully saturated rings. The summed E-state index contributed by atoms with van der Waals surface area (Å²) in [6, 6.07) is 0. The lowest BCUT2D eigenvalue weighted by Gasteiger charge is -2.21. The van der Waals surface area contributed by atoms with Crippen molar-refractivity contribution in [2.75, 3.05) is 32.8 Å². The van der Waals surface area contributed by atoms with Crippen LogP contribution in [-0.2, 0) is 19.1 Å². The molecule has 0 unspecified atom stereocenters. The van der Waals surface area contributed by atoms with E-state index in [4.69, 9.17) is 9.47 Å². The average molecular weight is 740 g/mol. The summed E-state index contributed by atoms with van der Waals surface area (Å²) < 4.78 is 11.3. The molecule has 0 spiro atoms. The Morgan fingerprint density at radius 2 is 0.846 bits per heavy atom. The van der Waals surface area contributed by atoms with Crippen LogP contribution < -0.4 is 0 Å². The second-order valence-corrected chi connectivity index (χ2v) is 15.5. The predicted octanol–water partition coefficient (Wildman–Crippen LogP) is 13.7. The van der Waals surface area contributed by atoms with Crippen LogP contribution in [0.2, 0.25) is 0 Å². The molecule has 0 aliphatic carbocycles. The Balaban J connectivity index is 0. The average Bonchev–Trinajstić information content (AvgIpc) is 3.14. The van der Waals surface area contributed by atoms with E-state index in [1.807, 2.05) is 0 Å². The van der Waals surface area contributed by atoms with E-state index in [-0.39, 0.29) is 24.6 Å². The first-order chi connectivity index (χ1) is 25.5. The van der Waals surface area contributed by atoms with Crippen molar-refractivity contribution in [2.24, 2.45) is 0 Å². The molecule has 0 aliphatic heterocycles. The fraction of sp³-hybridized carbons (Fsp3) is 0.957. The minimum Gasteiger partial charge on any atom is -0.466 e. The molecule has 6 heteroatoms. The van der Waals surface area contributed by atoms with Gasteiger partial charge in [0.1, 0.15) is 6.10 Å². The van der Waals surface area contributed by atoms with Gasteiger partial charge in [0, 0.05) is 19.4 Å². The topological polar surface area (TPSA) is 76.1 Å².